The Morgan fingerprint density at radius 2 is 1.60 bits per heavy atom. The zero-order valence-corrected chi connectivity index (χ0v) is 26.6. The van der Waals surface area contributed by atoms with Crippen molar-refractivity contribution >= 4 is 5.97 Å². The lowest BCUT2D eigenvalue weighted by molar-refractivity contribution is -0.284. The average Bonchev–Trinajstić information content (AvgIpc) is 3.75. The maximum Gasteiger partial charge on any atom is 0.453 e. The van der Waals surface area contributed by atoms with E-state index in [1.54, 1.807) is 0 Å². The highest BCUT2D eigenvalue weighted by Gasteiger charge is 2.71. The molecule has 1 aromatic rings. The maximum absolute atomic E-state index is 13.1. The largest absolute Gasteiger partial charge is 0.508 e. The molecule has 5 unspecified atom stereocenters. The predicted molar refractivity (Wildman–Crippen MR) is 162 cm³/mol. The van der Waals surface area contributed by atoms with Crippen LogP contribution in [0.4, 0.5) is 22.0 Å². The Hall–Kier alpha value is -1.90. The molecule has 0 heterocycles. The van der Waals surface area contributed by atoms with Gasteiger partial charge in [0.15, 0.2) is 0 Å². The van der Waals surface area contributed by atoms with Crippen LogP contribution in [-0.4, -0.2) is 39.5 Å². The van der Waals surface area contributed by atoms with E-state index in [0.29, 0.717) is 42.3 Å². The number of hydrogen-bond donors (Lipinski definition) is 3. The number of halogens is 5. The lowest BCUT2D eigenvalue weighted by Crippen LogP contribution is -2.46. The second-order valence-corrected chi connectivity index (χ2v) is 15.2. The quantitative estimate of drug-likeness (QED) is 0.132. The summed E-state index contributed by atoms with van der Waals surface area (Å²) in [5.74, 6) is -4.33. The molecule has 0 radical (unpaired) electrons. The molecule has 7 atom stereocenters. The Bertz CT molecular complexity index is 1180. The van der Waals surface area contributed by atoms with Crippen LogP contribution in [0.3, 0.4) is 0 Å². The number of carboxylic acids is 1. The Morgan fingerprint density at radius 3 is 2.24 bits per heavy atom. The van der Waals surface area contributed by atoms with Crippen LogP contribution in [0.15, 0.2) is 18.2 Å². The first kappa shape index (κ1) is 34.4. The third-order valence-corrected chi connectivity index (χ3v) is 12.8. The van der Waals surface area contributed by atoms with Gasteiger partial charge in [0, 0.05) is 11.8 Å². The van der Waals surface area contributed by atoms with E-state index in [1.807, 2.05) is 12.1 Å². The first-order valence-corrected chi connectivity index (χ1v) is 17.4. The van der Waals surface area contributed by atoms with Crippen LogP contribution in [0.2, 0.25) is 0 Å². The summed E-state index contributed by atoms with van der Waals surface area (Å²) in [5, 5.41) is 30.8. The van der Waals surface area contributed by atoms with E-state index in [-0.39, 0.29) is 23.4 Å². The number of aliphatic carboxylic acids is 1. The van der Waals surface area contributed by atoms with Crippen molar-refractivity contribution in [3.05, 3.63) is 29.3 Å². The topological polar surface area (TPSA) is 77.8 Å². The van der Waals surface area contributed by atoms with Gasteiger partial charge >= 0.3 is 18.1 Å². The molecule has 4 aliphatic carbocycles. The third kappa shape index (κ3) is 6.89. The van der Waals surface area contributed by atoms with Gasteiger partial charge in [-0.2, -0.15) is 22.0 Å². The van der Waals surface area contributed by atoms with E-state index in [1.165, 1.54) is 17.5 Å². The molecule has 3 N–H and O–H groups in total. The lowest BCUT2D eigenvalue weighted by Gasteiger charge is -2.54. The van der Waals surface area contributed by atoms with Crippen molar-refractivity contribution in [1.29, 1.82) is 0 Å². The average molecular weight is 643 g/mol. The normalized spacial score (nSPS) is 30.9. The summed E-state index contributed by atoms with van der Waals surface area (Å²) in [6.45, 7) is 2.46. The highest BCUT2D eigenvalue weighted by atomic mass is 19.4. The van der Waals surface area contributed by atoms with Crippen LogP contribution in [0, 0.1) is 34.5 Å². The number of phenols is 1. The van der Waals surface area contributed by atoms with Gasteiger partial charge in [0.05, 0.1) is 12.0 Å². The SMILES string of the molecule is C[C@]12CCC3c4ccc(O)cc4CC(CCCCCCCCCC(CCCC(F)(F)C(F)(F)F)C(=O)O)C3C1C[C@@H](O)C21CC1. The number of rotatable bonds is 15. The molecule has 3 fully saturated rings. The Labute approximate surface area is 264 Å². The van der Waals surface area contributed by atoms with E-state index < -0.39 is 36.8 Å². The number of phenolic OH excluding ortho intramolecular Hbond substituents is 1. The molecule has 0 saturated heterocycles. The second-order valence-electron chi connectivity index (χ2n) is 15.2. The van der Waals surface area contributed by atoms with Crippen LogP contribution in [0.5, 0.6) is 5.75 Å². The van der Waals surface area contributed by atoms with E-state index in [9.17, 15) is 42.1 Å². The summed E-state index contributed by atoms with van der Waals surface area (Å²) < 4.78 is 63.4. The maximum atomic E-state index is 13.1. The Balaban J connectivity index is 1.05. The third-order valence-electron chi connectivity index (χ3n) is 12.8. The van der Waals surface area contributed by atoms with Gasteiger partial charge in [-0.25, -0.2) is 0 Å². The molecule has 254 valence electrons. The fourth-order valence-electron chi connectivity index (χ4n) is 10.1. The number of hydrogen-bond acceptors (Lipinski definition) is 3. The Morgan fingerprint density at radius 1 is 0.956 bits per heavy atom. The van der Waals surface area contributed by atoms with Crippen molar-refractivity contribution in [3.63, 3.8) is 0 Å². The van der Waals surface area contributed by atoms with E-state index in [0.717, 1.165) is 77.0 Å². The number of aliphatic hydroxyl groups excluding tert-OH is 1. The first-order valence-electron chi connectivity index (χ1n) is 17.4. The van der Waals surface area contributed by atoms with Gasteiger partial charge in [-0.3, -0.25) is 4.79 Å². The molecule has 45 heavy (non-hydrogen) atoms. The van der Waals surface area contributed by atoms with Crippen LogP contribution >= 0.6 is 0 Å². The van der Waals surface area contributed by atoms with E-state index >= 15 is 0 Å². The monoisotopic (exact) mass is 642 g/mol. The van der Waals surface area contributed by atoms with Crippen molar-refractivity contribution in [3.8, 4) is 5.75 Å². The summed E-state index contributed by atoms with van der Waals surface area (Å²) in [7, 11) is 0. The van der Waals surface area contributed by atoms with Gasteiger partial charge in [0.1, 0.15) is 5.75 Å². The molecule has 0 aromatic heterocycles. The molecule has 9 heteroatoms. The van der Waals surface area contributed by atoms with Gasteiger partial charge < -0.3 is 15.3 Å². The van der Waals surface area contributed by atoms with Crippen molar-refractivity contribution < 1.29 is 42.1 Å². The fourth-order valence-corrected chi connectivity index (χ4v) is 10.1. The van der Waals surface area contributed by atoms with Gasteiger partial charge in [0.25, 0.3) is 0 Å². The van der Waals surface area contributed by atoms with Gasteiger partial charge in [-0.15, -0.1) is 0 Å². The van der Waals surface area contributed by atoms with Gasteiger partial charge in [0.2, 0.25) is 0 Å². The summed E-state index contributed by atoms with van der Waals surface area (Å²) in [5.41, 5.74) is 3.05. The number of carboxylic acid groups (broad SMARTS) is 1. The number of aromatic hydroxyl groups is 1. The smallest absolute Gasteiger partial charge is 0.453 e. The van der Waals surface area contributed by atoms with E-state index in [4.69, 9.17) is 0 Å². The molecule has 0 aliphatic heterocycles. The lowest BCUT2D eigenvalue weighted by atomic mass is 9.50. The zero-order valence-electron chi connectivity index (χ0n) is 26.6. The molecule has 5 rings (SSSR count). The van der Waals surface area contributed by atoms with Gasteiger partial charge in [-0.05, 0) is 117 Å². The zero-order chi connectivity index (χ0) is 32.6. The first-order chi connectivity index (χ1) is 21.2. The number of aliphatic hydroxyl groups is 1. The highest BCUT2D eigenvalue weighted by molar-refractivity contribution is 5.69. The van der Waals surface area contributed by atoms with Crippen LogP contribution in [0.25, 0.3) is 0 Å². The summed E-state index contributed by atoms with van der Waals surface area (Å²) in [6.07, 6.45) is 6.91. The predicted octanol–water partition coefficient (Wildman–Crippen LogP) is 9.80. The highest BCUT2D eigenvalue weighted by Crippen LogP contribution is 2.76. The molecule has 4 nitrogen and oxygen atoms in total. The number of alkyl halides is 5. The van der Waals surface area contributed by atoms with Crippen molar-refractivity contribution in [2.45, 2.75) is 147 Å². The molecule has 4 aliphatic rings. The summed E-state index contributed by atoms with van der Waals surface area (Å²) >= 11 is 0. The molecular weight excluding hydrogens is 591 g/mol. The minimum Gasteiger partial charge on any atom is -0.508 e. The van der Waals surface area contributed by atoms with Crippen LogP contribution in [0.1, 0.15) is 133 Å². The number of carbonyl (C=O) groups is 1. The molecule has 0 bridgehead atoms. The summed E-state index contributed by atoms with van der Waals surface area (Å²) in [4.78, 5) is 11.5. The molecule has 3 saturated carbocycles. The number of fused-ring (bicyclic) bond motifs is 6. The van der Waals surface area contributed by atoms with Crippen molar-refractivity contribution in [2.75, 3.05) is 0 Å². The van der Waals surface area contributed by atoms with Crippen LogP contribution < -0.4 is 0 Å². The van der Waals surface area contributed by atoms with Gasteiger partial charge in [-0.1, -0.05) is 57.9 Å². The Kier molecular flexibility index (Phi) is 10.2. The summed E-state index contributed by atoms with van der Waals surface area (Å²) in [6, 6.07) is 5.94. The minimum atomic E-state index is -5.60. The minimum absolute atomic E-state index is 0.134. The van der Waals surface area contributed by atoms with E-state index in [2.05, 4.69) is 13.0 Å². The molecule has 1 spiro atoms. The van der Waals surface area contributed by atoms with Crippen LogP contribution in [-0.2, 0) is 11.2 Å². The standard InChI is InChI=1S/C36H51F5O4/c1-33-17-15-28-27-14-13-26(42)21-25(27)20-24(31(28)29(33)22-30(43)34(33)18-19-34)11-8-6-4-2-3-5-7-10-23(32(44)45)12-9-16-35(37,38)36(39,40)41/h13-14,21,23-24,28-31,42-43H,2-12,15-20,22H2,1H3,(H,44,45)/t23?,24?,28?,29?,30-,31?,33+/m1/s1. The fraction of sp³-hybridized carbons (Fsp3) is 0.806. The second kappa shape index (κ2) is 13.3. The molecule has 1 aromatic carbocycles. The van der Waals surface area contributed by atoms with Crippen molar-refractivity contribution in [1.82, 2.24) is 0 Å². The molecular formula is C36H51F5O4. The molecule has 0 amide bonds. The van der Waals surface area contributed by atoms with Crippen molar-refractivity contribution in [2.24, 2.45) is 34.5 Å². The number of benzene rings is 1. The number of unbranched alkanes of at least 4 members (excludes halogenated alkanes) is 6.